The highest BCUT2D eigenvalue weighted by Gasteiger charge is 2.12. The van der Waals surface area contributed by atoms with Gasteiger partial charge in [0.15, 0.2) is 0 Å². The fraction of sp³-hybridized carbons (Fsp3) is 0.0588. The van der Waals surface area contributed by atoms with Gasteiger partial charge in [-0.05, 0) is 42.5 Å². The van der Waals surface area contributed by atoms with Crippen molar-refractivity contribution in [1.82, 2.24) is 10.3 Å². The first kappa shape index (κ1) is 14.0. The van der Waals surface area contributed by atoms with Crippen LogP contribution in [0.1, 0.15) is 20.7 Å². The molecule has 3 aromatic rings. The van der Waals surface area contributed by atoms with E-state index in [1.165, 1.54) is 25.2 Å². The van der Waals surface area contributed by atoms with Gasteiger partial charge in [-0.2, -0.15) is 0 Å². The molecule has 0 bridgehead atoms. The van der Waals surface area contributed by atoms with Crippen molar-refractivity contribution in [3.05, 3.63) is 59.4 Å². The smallest absolute Gasteiger partial charge is 0.251 e. The molecule has 1 heterocycles. The second kappa shape index (κ2) is 5.44. The van der Waals surface area contributed by atoms with Crippen molar-refractivity contribution in [1.29, 1.82) is 0 Å². The first-order valence-corrected chi connectivity index (χ1v) is 6.72. The van der Waals surface area contributed by atoms with Gasteiger partial charge in [0.1, 0.15) is 12.1 Å². The molecule has 2 N–H and O–H groups in total. The first-order valence-electron chi connectivity index (χ1n) is 6.72. The Balaban J connectivity index is 2.14. The second-order valence-corrected chi connectivity index (χ2v) is 4.92. The van der Waals surface area contributed by atoms with Crippen LogP contribution in [0, 0.1) is 5.82 Å². The molecule has 0 fully saturated rings. The minimum Gasteiger partial charge on any atom is -0.355 e. The summed E-state index contributed by atoms with van der Waals surface area (Å²) in [4.78, 5) is 25.6. The number of nitrogens with one attached hydrogen (secondary N) is 2. The number of benzene rings is 2. The van der Waals surface area contributed by atoms with Crippen molar-refractivity contribution < 1.29 is 14.0 Å². The lowest BCUT2D eigenvalue weighted by atomic mass is 10.1. The lowest BCUT2D eigenvalue weighted by molar-refractivity contribution is 0.0962. The Morgan fingerprint density at radius 3 is 2.73 bits per heavy atom. The van der Waals surface area contributed by atoms with Gasteiger partial charge in [0.25, 0.3) is 5.91 Å². The quantitative estimate of drug-likeness (QED) is 0.729. The summed E-state index contributed by atoms with van der Waals surface area (Å²) in [5.74, 6) is -0.699. The van der Waals surface area contributed by atoms with Crippen LogP contribution in [0.3, 0.4) is 0 Å². The maximum Gasteiger partial charge on any atom is 0.251 e. The molecule has 0 atom stereocenters. The highest BCUT2D eigenvalue weighted by Crippen LogP contribution is 2.27. The Morgan fingerprint density at radius 2 is 2.00 bits per heavy atom. The van der Waals surface area contributed by atoms with E-state index in [4.69, 9.17) is 0 Å². The van der Waals surface area contributed by atoms with Crippen LogP contribution in [0.5, 0.6) is 0 Å². The molecule has 0 spiro atoms. The van der Waals surface area contributed by atoms with Crippen molar-refractivity contribution in [2.24, 2.45) is 0 Å². The van der Waals surface area contributed by atoms with Crippen LogP contribution in [-0.4, -0.2) is 24.2 Å². The van der Waals surface area contributed by atoms with Gasteiger partial charge in [-0.15, -0.1) is 0 Å². The van der Waals surface area contributed by atoms with E-state index in [9.17, 15) is 14.0 Å². The number of aromatic nitrogens is 1. The third-order valence-corrected chi connectivity index (χ3v) is 3.53. The maximum atomic E-state index is 14.1. The third-order valence-electron chi connectivity index (χ3n) is 3.53. The van der Waals surface area contributed by atoms with Gasteiger partial charge in [0, 0.05) is 40.3 Å². The van der Waals surface area contributed by atoms with E-state index in [0.717, 1.165) is 17.2 Å². The molecule has 1 aromatic heterocycles. The molecule has 3 rings (SSSR count). The largest absolute Gasteiger partial charge is 0.355 e. The Labute approximate surface area is 126 Å². The predicted molar refractivity (Wildman–Crippen MR) is 82.5 cm³/mol. The topological polar surface area (TPSA) is 62.0 Å². The van der Waals surface area contributed by atoms with E-state index in [1.54, 1.807) is 24.3 Å². The zero-order valence-corrected chi connectivity index (χ0v) is 11.8. The molecule has 0 radical (unpaired) electrons. The molecule has 4 nitrogen and oxygen atoms in total. The van der Waals surface area contributed by atoms with Gasteiger partial charge in [-0.3, -0.25) is 9.59 Å². The van der Waals surface area contributed by atoms with Crippen molar-refractivity contribution in [2.75, 3.05) is 7.05 Å². The molecule has 0 aliphatic heterocycles. The van der Waals surface area contributed by atoms with E-state index in [0.29, 0.717) is 22.4 Å². The number of aromatic amines is 1. The predicted octanol–water partition coefficient (Wildman–Crippen LogP) is 3.15. The summed E-state index contributed by atoms with van der Waals surface area (Å²) in [6, 6.07) is 11.1. The molecule has 2 aromatic carbocycles. The summed E-state index contributed by atoms with van der Waals surface area (Å²) in [6.07, 6.45) is 0.763. The Bertz CT molecular complexity index is 883. The lowest BCUT2D eigenvalue weighted by Crippen LogP contribution is -2.17. The van der Waals surface area contributed by atoms with Gasteiger partial charge in [0.05, 0.1) is 0 Å². The van der Waals surface area contributed by atoms with E-state index in [-0.39, 0.29) is 5.91 Å². The van der Waals surface area contributed by atoms with Crippen molar-refractivity contribution >= 4 is 23.1 Å². The summed E-state index contributed by atoms with van der Waals surface area (Å²) in [5, 5.41) is 3.32. The van der Waals surface area contributed by atoms with E-state index in [2.05, 4.69) is 10.3 Å². The molecule has 0 aliphatic carbocycles. The molecule has 0 saturated carbocycles. The van der Waals surface area contributed by atoms with Crippen LogP contribution in [0.2, 0.25) is 0 Å². The third kappa shape index (κ3) is 2.37. The van der Waals surface area contributed by atoms with Crippen LogP contribution < -0.4 is 5.32 Å². The van der Waals surface area contributed by atoms with Crippen LogP contribution in [0.15, 0.2) is 42.5 Å². The normalized spacial score (nSPS) is 10.6. The number of rotatable bonds is 3. The molecule has 22 heavy (non-hydrogen) atoms. The number of carbonyl (C=O) groups excluding carboxylic acids is 2. The molecule has 0 saturated heterocycles. The summed E-state index contributed by atoms with van der Waals surface area (Å²) in [6.45, 7) is 0. The lowest BCUT2D eigenvalue weighted by Gasteiger charge is -2.04. The number of carbonyl (C=O) groups is 2. The molecule has 0 aliphatic rings. The number of fused-ring (bicyclic) bond motifs is 1. The van der Waals surface area contributed by atoms with Crippen LogP contribution >= 0.6 is 0 Å². The first-order chi connectivity index (χ1) is 10.6. The van der Waals surface area contributed by atoms with Gasteiger partial charge in [-0.25, -0.2) is 4.39 Å². The summed E-state index contributed by atoms with van der Waals surface area (Å²) in [5.41, 5.74) is 2.60. The molecular weight excluding hydrogens is 283 g/mol. The summed E-state index contributed by atoms with van der Waals surface area (Å²) < 4.78 is 14.1. The summed E-state index contributed by atoms with van der Waals surface area (Å²) in [7, 11) is 1.52. The minimum absolute atomic E-state index is 0.277. The second-order valence-electron chi connectivity index (χ2n) is 4.92. The van der Waals surface area contributed by atoms with Gasteiger partial charge < -0.3 is 10.3 Å². The Hall–Kier alpha value is -2.95. The number of amides is 1. The Morgan fingerprint density at radius 1 is 1.18 bits per heavy atom. The minimum atomic E-state index is -0.421. The van der Waals surface area contributed by atoms with Crippen LogP contribution in [0.25, 0.3) is 22.2 Å². The monoisotopic (exact) mass is 296 g/mol. The number of halogens is 1. The summed E-state index contributed by atoms with van der Waals surface area (Å²) >= 11 is 0. The van der Waals surface area contributed by atoms with E-state index in [1.807, 2.05) is 0 Å². The fourth-order valence-corrected chi connectivity index (χ4v) is 2.39. The molecule has 1 amide bonds. The fourth-order valence-electron chi connectivity index (χ4n) is 2.39. The number of hydrogen-bond acceptors (Lipinski definition) is 2. The van der Waals surface area contributed by atoms with E-state index >= 15 is 0 Å². The number of H-pyrrole nitrogens is 1. The van der Waals surface area contributed by atoms with Gasteiger partial charge in [0.2, 0.25) is 0 Å². The Kier molecular flexibility index (Phi) is 3.47. The van der Waals surface area contributed by atoms with Crippen LogP contribution in [-0.2, 0) is 0 Å². The average molecular weight is 296 g/mol. The SMILES string of the molecule is CNC(=O)c1ccc(F)c(-c2cc3cc(C=O)ccc3[nH]2)c1. The van der Waals surface area contributed by atoms with Gasteiger partial charge in [-0.1, -0.05) is 0 Å². The number of hydrogen-bond donors (Lipinski definition) is 2. The molecule has 5 heteroatoms. The standard InChI is InChI=1S/C17H13FN2O2/c1-19-17(22)11-3-4-14(18)13(7-11)16-8-12-6-10(9-21)2-5-15(12)20-16/h2-9,20H,1H3,(H,19,22). The zero-order valence-electron chi connectivity index (χ0n) is 11.8. The molecular formula is C17H13FN2O2. The molecule has 0 unspecified atom stereocenters. The highest BCUT2D eigenvalue weighted by atomic mass is 19.1. The number of aldehydes is 1. The van der Waals surface area contributed by atoms with Gasteiger partial charge >= 0.3 is 0 Å². The van der Waals surface area contributed by atoms with Crippen molar-refractivity contribution in [3.8, 4) is 11.3 Å². The molecule has 110 valence electrons. The highest BCUT2D eigenvalue weighted by molar-refractivity contribution is 5.96. The van der Waals surface area contributed by atoms with Crippen LogP contribution in [0.4, 0.5) is 4.39 Å². The van der Waals surface area contributed by atoms with Crippen molar-refractivity contribution in [3.63, 3.8) is 0 Å². The van der Waals surface area contributed by atoms with Crippen molar-refractivity contribution in [2.45, 2.75) is 0 Å². The average Bonchev–Trinajstić information content (AvgIpc) is 2.97. The maximum absolute atomic E-state index is 14.1. The van der Waals surface area contributed by atoms with E-state index < -0.39 is 5.82 Å². The zero-order chi connectivity index (χ0) is 15.7.